The molecule has 2 heteroatoms. The van der Waals surface area contributed by atoms with E-state index in [1.54, 1.807) is 11.8 Å². The van der Waals surface area contributed by atoms with Crippen LogP contribution in [0.25, 0.3) is 0 Å². The fourth-order valence-electron chi connectivity index (χ4n) is 1.93. The van der Waals surface area contributed by atoms with Crippen molar-refractivity contribution in [2.75, 3.05) is 6.26 Å². The predicted octanol–water partition coefficient (Wildman–Crippen LogP) is 4.76. The molecule has 2 rings (SSSR count). The van der Waals surface area contributed by atoms with Crippen molar-refractivity contribution in [3.8, 4) is 0 Å². The molecule has 0 saturated heterocycles. The van der Waals surface area contributed by atoms with E-state index in [-0.39, 0.29) is 5.78 Å². The average Bonchev–Trinajstić information content (AvgIpc) is 2.46. The van der Waals surface area contributed by atoms with E-state index in [4.69, 9.17) is 0 Å². The molecular formula is C17H18OS. The molecule has 0 atom stereocenters. The van der Waals surface area contributed by atoms with E-state index in [1.165, 1.54) is 10.5 Å². The van der Waals surface area contributed by atoms with Crippen molar-refractivity contribution in [3.63, 3.8) is 0 Å². The SMILES string of the molecule is CSc1ccc(C(=O)c2ccc(C(C)C)cc2)cc1. The number of benzene rings is 2. The van der Waals surface area contributed by atoms with Crippen LogP contribution in [0.3, 0.4) is 0 Å². The maximum atomic E-state index is 12.3. The van der Waals surface area contributed by atoms with E-state index in [9.17, 15) is 4.79 Å². The molecule has 2 aromatic rings. The first kappa shape index (κ1) is 13.9. The van der Waals surface area contributed by atoms with Crippen molar-refractivity contribution < 1.29 is 4.79 Å². The first-order valence-corrected chi connectivity index (χ1v) is 7.63. The van der Waals surface area contributed by atoms with Crippen LogP contribution in [0.15, 0.2) is 53.4 Å². The Morgan fingerprint density at radius 3 is 1.79 bits per heavy atom. The van der Waals surface area contributed by atoms with E-state index in [2.05, 4.69) is 13.8 Å². The highest BCUT2D eigenvalue weighted by molar-refractivity contribution is 7.98. The highest BCUT2D eigenvalue weighted by atomic mass is 32.2. The van der Waals surface area contributed by atoms with Crippen LogP contribution in [-0.2, 0) is 0 Å². The third-order valence-corrected chi connectivity index (χ3v) is 3.94. The Kier molecular flexibility index (Phi) is 4.43. The molecule has 0 spiro atoms. The molecule has 0 N–H and O–H groups in total. The minimum absolute atomic E-state index is 0.0861. The molecule has 19 heavy (non-hydrogen) atoms. The number of hydrogen-bond donors (Lipinski definition) is 0. The summed E-state index contributed by atoms with van der Waals surface area (Å²) in [5.74, 6) is 0.577. The highest BCUT2D eigenvalue weighted by Gasteiger charge is 2.09. The molecule has 0 aliphatic rings. The molecule has 2 aromatic carbocycles. The number of carbonyl (C=O) groups is 1. The lowest BCUT2D eigenvalue weighted by atomic mass is 9.98. The summed E-state index contributed by atoms with van der Waals surface area (Å²) in [6, 6.07) is 15.7. The Bertz CT molecular complexity index is 553. The van der Waals surface area contributed by atoms with Crippen LogP contribution in [0, 0.1) is 0 Å². The van der Waals surface area contributed by atoms with Crippen LogP contribution in [0.4, 0.5) is 0 Å². The Balaban J connectivity index is 2.22. The van der Waals surface area contributed by atoms with Crippen LogP contribution >= 0.6 is 11.8 Å². The lowest BCUT2D eigenvalue weighted by Gasteiger charge is -2.07. The van der Waals surface area contributed by atoms with Gasteiger partial charge in [0.1, 0.15) is 0 Å². The summed E-state index contributed by atoms with van der Waals surface area (Å²) in [4.78, 5) is 13.5. The van der Waals surface area contributed by atoms with Gasteiger partial charge in [-0.05, 0) is 42.0 Å². The molecule has 0 heterocycles. The van der Waals surface area contributed by atoms with E-state index < -0.39 is 0 Å². The molecule has 0 bridgehead atoms. The normalized spacial score (nSPS) is 10.7. The van der Waals surface area contributed by atoms with Crippen molar-refractivity contribution in [2.45, 2.75) is 24.7 Å². The number of hydrogen-bond acceptors (Lipinski definition) is 2. The maximum Gasteiger partial charge on any atom is 0.193 e. The summed E-state index contributed by atoms with van der Waals surface area (Å²) >= 11 is 1.68. The van der Waals surface area contributed by atoms with E-state index >= 15 is 0 Å². The third kappa shape index (κ3) is 3.27. The van der Waals surface area contributed by atoms with Gasteiger partial charge in [-0.25, -0.2) is 0 Å². The summed E-state index contributed by atoms with van der Waals surface area (Å²) in [7, 11) is 0. The maximum absolute atomic E-state index is 12.3. The van der Waals surface area contributed by atoms with Crippen LogP contribution in [-0.4, -0.2) is 12.0 Å². The van der Waals surface area contributed by atoms with Crippen molar-refractivity contribution in [3.05, 3.63) is 65.2 Å². The topological polar surface area (TPSA) is 17.1 Å². The van der Waals surface area contributed by atoms with Gasteiger partial charge in [0.25, 0.3) is 0 Å². The summed E-state index contributed by atoms with van der Waals surface area (Å²) in [6.07, 6.45) is 2.03. The zero-order valence-electron chi connectivity index (χ0n) is 11.5. The monoisotopic (exact) mass is 270 g/mol. The molecule has 0 fully saturated rings. The van der Waals surface area contributed by atoms with Crippen LogP contribution < -0.4 is 0 Å². The zero-order valence-corrected chi connectivity index (χ0v) is 12.3. The van der Waals surface area contributed by atoms with Gasteiger partial charge in [-0.3, -0.25) is 4.79 Å². The number of rotatable bonds is 4. The van der Waals surface area contributed by atoms with Gasteiger partial charge in [0.15, 0.2) is 5.78 Å². The van der Waals surface area contributed by atoms with Crippen LogP contribution in [0.2, 0.25) is 0 Å². The summed E-state index contributed by atoms with van der Waals surface area (Å²) in [5, 5.41) is 0. The molecule has 0 radical (unpaired) electrons. The standard InChI is InChI=1S/C17H18OS/c1-12(2)13-4-6-14(7-5-13)17(18)15-8-10-16(19-3)11-9-15/h4-12H,1-3H3. The predicted molar refractivity (Wildman–Crippen MR) is 82.2 cm³/mol. The van der Waals surface area contributed by atoms with Crippen LogP contribution in [0.1, 0.15) is 41.3 Å². The van der Waals surface area contributed by atoms with Gasteiger partial charge in [-0.15, -0.1) is 11.8 Å². The zero-order chi connectivity index (χ0) is 13.8. The van der Waals surface area contributed by atoms with Crippen molar-refractivity contribution in [2.24, 2.45) is 0 Å². The summed E-state index contributed by atoms with van der Waals surface area (Å²) < 4.78 is 0. The van der Waals surface area contributed by atoms with Gasteiger partial charge < -0.3 is 0 Å². The summed E-state index contributed by atoms with van der Waals surface area (Å²) in [6.45, 7) is 4.30. The number of ketones is 1. The molecular weight excluding hydrogens is 252 g/mol. The Labute approximate surface area is 119 Å². The molecule has 0 saturated carbocycles. The molecule has 0 aliphatic heterocycles. The molecule has 98 valence electrons. The second-order valence-electron chi connectivity index (χ2n) is 4.83. The van der Waals surface area contributed by atoms with Crippen molar-refractivity contribution >= 4 is 17.5 Å². The molecule has 0 amide bonds. The van der Waals surface area contributed by atoms with E-state index in [0.717, 1.165) is 11.1 Å². The lowest BCUT2D eigenvalue weighted by Crippen LogP contribution is -2.01. The Morgan fingerprint density at radius 1 is 0.895 bits per heavy atom. The molecule has 0 aromatic heterocycles. The average molecular weight is 270 g/mol. The third-order valence-electron chi connectivity index (χ3n) is 3.19. The minimum Gasteiger partial charge on any atom is -0.289 e. The smallest absolute Gasteiger partial charge is 0.193 e. The second kappa shape index (κ2) is 6.07. The molecule has 1 nitrogen and oxygen atoms in total. The quantitative estimate of drug-likeness (QED) is 0.588. The largest absolute Gasteiger partial charge is 0.289 e. The Hall–Kier alpha value is -1.54. The molecule has 0 aliphatic carbocycles. The van der Waals surface area contributed by atoms with E-state index in [0.29, 0.717) is 5.92 Å². The number of thioether (sulfide) groups is 1. The van der Waals surface area contributed by atoms with Gasteiger partial charge in [-0.1, -0.05) is 38.1 Å². The van der Waals surface area contributed by atoms with Gasteiger partial charge in [0, 0.05) is 16.0 Å². The van der Waals surface area contributed by atoms with Gasteiger partial charge in [0.2, 0.25) is 0 Å². The fraction of sp³-hybridized carbons (Fsp3) is 0.235. The molecule has 0 unspecified atom stereocenters. The minimum atomic E-state index is 0.0861. The Morgan fingerprint density at radius 2 is 1.37 bits per heavy atom. The first-order valence-electron chi connectivity index (χ1n) is 6.40. The van der Waals surface area contributed by atoms with Gasteiger partial charge in [-0.2, -0.15) is 0 Å². The summed E-state index contributed by atoms with van der Waals surface area (Å²) in [5.41, 5.74) is 2.76. The fourth-order valence-corrected chi connectivity index (χ4v) is 2.34. The highest BCUT2D eigenvalue weighted by Crippen LogP contribution is 2.19. The van der Waals surface area contributed by atoms with Crippen LogP contribution in [0.5, 0.6) is 0 Å². The van der Waals surface area contributed by atoms with Crippen molar-refractivity contribution in [1.29, 1.82) is 0 Å². The van der Waals surface area contributed by atoms with Gasteiger partial charge >= 0.3 is 0 Å². The first-order chi connectivity index (χ1) is 9.11. The van der Waals surface area contributed by atoms with Crippen molar-refractivity contribution in [1.82, 2.24) is 0 Å². The second-order valence-corrected chi connectivity index (χ2v) is 5.71. The lowest BCUT2D eigenvalue weighted by molar-refractivity contribution is 0.103. The van der Waals surface area contributed by atoms with E-state index in [1.807, 2.05) is 54.8 Å². The number of carbonyl (C=O) groups excluding carboxylic acids is 1. The van der Waals surface area contributed by atoms with Gasteiger partial charge in [0.05, 0.1) is 0 Å².